The lowest BCUT2D eigenvalue weighted by atomic mass is 9.74. The van der Waals surface area contributed by atoms with E-state index in [1.165, 1.54) is 6.07 Å². The predicted molar refractivity (Wildman–Crippen MR) is 161 cm³/mol. The molecule has 0 radical (unpaired) electrons. The molecule has 1 aromatic carbocycles. The summed E-state index contributed by atoms with van der Waals surface area (Å²) in [7, 11) is -4.49. The smallest absolute Gasteiger partial charge is 0.417 e. The number of alkyl halides is 3. The highest BCUT2D eigenvalue weighted by Gasteiger charge is 2.40. The minimum absolute atomic E-state index is 0.120. The molecular formula is C32H44F3N3O5S. The van der Waals surface area contributed by atoms with E-state index in [1.54, 1.807) is 45.4 Å². The van der Waals surface area contributed by atoms with Crippen LogP contribution in [0, 0.1) is 18.3 Å². The first-order valence-corrected chi connectivity index (χ1v) is 16.8. The maximum Gasteiger partial charge on any atom is 0.417 e. The molecule has 1 amide bonds. The third-order valence-corrected chi connectivity index (χ3v) is 10.9. The zero-order chi connectivity index (χ0) is 32.7. The lowest BCUT2D eigenvalue weighted by Gasteiger charge is -2.34. The fourth-order valence-electron chi connectivity index (χ4n) is 6.47. The van der Waals surface area contributed by atoms with Gasteiger partial charge in [0.25, 0.3) is 5.91 Å². The first-order valence-electron chi connectivity index (χ1n) is 15.3. The largest absolute Gasteiger partial charge is 0.481 e. The number of hydrogen-bond donors (Lipinski definition) is 3. The molecule has 2 aliphatic carbocycles. The second-order valence-corrected chi connectivity index (χ2v) is 15.5. The van der Waals surface area contributed by atoms with E-state index < -0.39 is 43.6 Å². The fourth-order valence-corrected chi connectivity index (χ4v) is 8.10. The summed E-state index contributed by atoms with van der Waals surface area (Å²) >= 11 is 0. The Kier molecular flexibility index (Phi) is 9.66. The Labute approximate surface area is 257 Å². The van der Waals surface area contributed by atoms with Crippen LogP contribution in [0.2, 0.25) is 0 Å². The Morgan fingerprint density at radius 1 is 1.05 bits per heavy atom. The molecule has 2 saturated carbocycles. The third-order valence-electron chi connectivity index (χ3n) is 9.05. The lowest BCUT2D eigenvalue weighted by molar-refractivity contribution is -0.150. The summed E-state index contributed by atoms with van der Waals surface area (Å²) in [6.45, 7) is 8.16. The molecule has 0 spiro atoms. The summed E-state index contributed by atoms with van der Waals surface area (Å²) in [6.07, 6.45) is 4.30. The number of carboxylic acid groups (broad SMARTS) is 1. The Hall–Kier alpha value is -2.86. The third kappa shape index (κ3) is 7.67. The van der Waals surface area contributed by atoms with Gasteiger partial charge in [-0.05, 0) is 96.4 Å². The van der Waals surface area contributed by atoms with Crippen LogP contribution in [0.5, 0.6) is 0 Å². The maximum atomic E-state index is 14.4. The number of nitrogens with zero attached hydrogens (tertiary/aromatic N) is 1. The van der Waals surface area contributed by atoms with E-state index in [0.717, 1.165) is 49.9 Å². The Balaban J connectivity index is 1.73. The zero-order valence-electron chi connectivity index (χ0n) is 26.1. The van der Waals surface area contributed by atoms with Gasteiger partial charge in [-0.1, -0.05) is 32.1 Å². The van der Waals surface area contributed by atoms with Gasteiger partial charge in [-0.25, -0.2) is 13.1 Å². The average Bonchev–Trinajstić information content (AvgIpc) is 3.24. The molecule has 44 heavy (non-hydrogen) atoms. The van der Waals surface area contributed by atoms with E-state index in [9.17, 15) is 36.3 Å². The molecule has 0 bridgehead atoms. The summed E-state index contributed by atoms with van der Waals surface area (Å²) in [6, 6.07) is 2.96. The van der Waals surface area contributed by atoms with Gasteiger partial charge in [0.15, 0.2) is 0 Å². The molecule has 1 aromatic heterocycles. The van der Waals surface area contributed by atoms with Gasteiger partial charge >= 0.3 is 12.1 Å². The SMILES string of the molecule is Cc1c(C(=O)N[C@H]2CC[C@](C)(C(=O)O)CC2)cn(-c2ccc(S(=O)(=O)NC(C)(C)C)c(C(F)(F)F)c2)c1CC1CCCCC1. The van der Waals surface area contributed by atoms with Crippen molar-refractivity contribution in [3.05, 3.63) is 46.8 Å². The van der Waals surface area contributed by atoms with E-state index >= 15 is 0 Å². The van der Waals surface area contributed by atoms with Crippen LogP contribution in [-0.2, 0) is 27.4 Å². The molecule has 1 heterocycles. The van der Waals surface area contributed by atoms with Crippen LogP contribution in [0.4, 0.5) is 13.2 Å². The molecule has 12 heteroatoms. The number of amides is 1. The Bertz CT molecular complexity index is 1490. The number of halogens is 3. The van der Waals surface area contributed by atoms with E-state index in [0.29, 0.717) is 49.1 Å². The van der Waals surface area contributed by atoms with Gasteiger partial charge in [0.05, 0.1) is 21.4 Å². The first kappa shape index (κ1) is 34.0. The van der Waals surface area contributed by atoms with Crippen molar-refractivity contribution >= 4 is 21.9 Å². The van der Waals surface area contributed by atoms with Gasteiger partial charge in [0.1, 0.15) is 0 Å². The van der Waals surface area contributed by atoms with E-state index in [-0.39, 0.29) is 17.6 Å². The predicted octanol–water partition coefficient (Wildman–Crippen LogP) is 6.77. The van der Waals surface area contributed by atoms with E-state index in [2.05, 4.69) is 10.0 Å². The number of carboxylic acids is 1. The van der Waals surface area contributed by atoms with Crippen molar-refractivity contribution in [1.82, 2.24) is 14.6 Å². The number of sulfonamides is 1. The Morgan fingerprint density at radius 3 is 2.20 bits per heavy atom. The van der Waals surface area contributed by atoms with Crippen LogP contribution in [-0.4, -0.2) is 41.5 Å². The highest BCUT2D eigenvalue weighted by molar-refractivity contribution is 7.89. The molecule has 2 aliphatic rings. The first-order chi connectivity index (χ1) is 20.3. The number of carbonyl (C=O) groups is 2. The van der Waals surface area contributed by atoms with Crippen LogP contribution in [0.25, 0.3) is 5.69 Å². The fraction of sp³-hybridized carbons (Fsp3) is 0.625. The zero-order valence-corrected chi connectivity index (χ0v) is 26.9. The second kappa shape index (κ2) is 12.5. The number of hydrogen-bond acceptors (Lipinski definition) is 4. The van der Waals surface area contributed by atoms with Crippen LogP contribution in [0.3, 0.4) is 0 Å². The minimum Gasteiger partial charge on any atom is -0.481 e. The molecular weight excluding hydrogens is 595 g/mol. The second-order valence-electron chi connectivity index (χ2n) is 13.8. The van der Waals surface area contributed by atoms with Gasteiger partial charge in [0, 0.05) is 29.2 Å². The number of nitrogens with one attached hydrogen (secondary N) is 2. The minimum atomic E-state index is -4.95. The van der Waals surface area contributed by atoms with Crippen molar-refractivity contribution < 1.29 is 36.3 Å². The quantitative estimate of drug-likeness (QED) is 0.295. The molecule has 4 rings (SSSR count). The number of rotatable bonds is 8. The normalized spacial score (nSPS) is 22.1. The molecule has 0 unspecified atom stereocenters. The molecule has 2 fully saturated rings. The summed E-state index contributed by atoms with van der Waals surface area (Å²) < 4.78 is 73.0. The molecule has 0 saturated heterocycles. The highest BCUT2D eigenvalue weighted by atomic mass is 32.2. The van der Waals surface area contributed by atoms with Crippen molar-refractivity contribution in [2.75, 3.05) is 0 Å². The summed E-state index contributed by atoms with van der Waals surface area (Å²) in [4.78, 5) is 24.3. The van der Waals surface area contributed by atoms with E-state index in [1.807, 2.05) is 0 Å². The Morgan fingerprint density at radius 2 is 1.66 bits per heavy atom. The summed E-state index contributed by atoms with van der Waals surface area (Å²) in [5, 5.41) is 12.6. The molecule has 3 N–H and O–H groups in total. The number of aliphatic carboxylic acids is 1. The van der Waals surface area contributed by atoms with Gasteiger partial charge in [-0.2, -0.15) is 13.2 Å². The van der Waals surface area contributed by atoms with Crippen molar-refractivity contribution in [3.8, 4) is 5.69 Å². The number of benzene rings is 1. The van der Waals surface area contributed by atoms with Crippen molar-refractivity contribution in [2.45, 2.75) is 121 Å². The molecule has 2 aromatic rings. The van der Waals surface area contributed by atoms with Crippen LogP contribution >= 0.6 is 0 Å². The highest BCUT2D eigenvalue weighted by Crippen LogP contribution is 2.39. The van der Waals surface area contributed by atoms with Crippen molar-refractivity contribution in [2.24, 2.45) is 11.3 Å². The summed E-state index contributed by atoms with van der Waals surface area (Å²) in [5.41, 5.74) is -1.25. The topological polar surface area (TPSA) is 118 Å². The van der Waals surface area contributed by atoms with E-state index in [4.69, 9.17) is 0 Å². The lowest BCUT2D eigenvalue weighted by Crippen LogP contribution is -2.42. The monoisotopic (exact) mass is 639 g/mol. The maximum absolute atomic E-state index is 14.4. The number of carbonyl (C=O) groups excluding carboxylic acids is 1. The van der Waals surface area contributed by atoms with Crippen molar-refractivity contribution in [3.63, 3.8) is 0 Å². The molecule has 8 nitrogen and oxygen atoms in total. The molecule has 0 aliphatic heterocycles. The van der Waals surface area contributed by atoms with Gasteiger partial charge in [-0.3, -0.25) is 9.59 Å². The van der Waals surface area contributed by atoms with Gasteiger partial charge in [0.2, 0.25) is 10.0 Å². The molecule has 0 atom stereocenters. The molecule has 244 valence electrons. The van der Waals surface area contributed by atoms with Crippen LogP contribution in [0.15, 0.2) is 29.3 Å². The van der Waals surface area contributed by atoms with Gasteiger partial charge in [-0.15, -0.1) is 0 Å². The van der Waals surface area contributed by atoms with Crippen molar-refractivity contribution in [1.29, 1.82) is 0 Å². The average molecular weight is 640 g/mol. The van der Waals surface area contributed by atoms with Crippen LogP contribution in [0.1, 0.15) is 113 Å². The number of aromatic nitrogens is 1. The standard InChI is InChI=1S/C32H44F3N3O5S/c1-20-24(28(39)36-22-13-15-31(5,16-14-22)29(40)41)19-38(26(20)17-21-9-7-6-8-10-21)23-11-12-27(25(18-23)32(33,34)35)44(42,43)37-30(2,3)4/h11-12,18-19,21-22,37H,6-10,13-17H2,1-5H3,(H,36,39)(H,40,41)/t22-,31-. The summed E-state index contributed by atoms with van der Waals surface area (Å²) in [5.74, 6) is -0.898. The van der Waals surface area contributed by atoms with Crippen LogP contribution < -0.4 is 10.0 Å². The van der Waals surface area contributed by atoms with Gasteiger partial charge < -0.3 is 15.0 Å².